The summed E-state index contributed by atoms with van der Waals surface area (Å²) >= 11 is 1.40. The van der Waals surface area contributed by atoms with Crippen LogP contribution in [0.15, 0.2) is 22.6 Å². The van der Waals surface area contributed by atoms with Crippen LogP contribution < -0.4 is 5.56 Å². The number of hydrogen-bond acceptors (Lipinski definition) is 4. The number of likely N-dealkylation sites (tertiary alicyclic amines) is 1. The number of hydrogen-bond donors (Lipinski definition) is 0. The zero-order valence-corrected chi connectivity index (χ0v) is 13.2. The van der Waals surface area contributed by atoms with Gasteiger partial charge in [0.25, 0.3) is 11.5 Å². The van der Waals surface area contributed by atoms with Crippen LogP contribution in [0.25, 0.3) is 4.96 Å². The van der Waals surface area contributed by atoms with Crippen molar-refractivity contribution in [3.05, 3.63) is 33.7 Å². The Labute approximate surface area is 132 Å². The van der Waals surface area contributed by atoms with Gasteiger partial charge in [-0.2, -0.15) is 0 Å². The fourth-order valence-corrected chi connectivity index (χ4v) is 4.60. The highest BCUT2D eigenvalue weighted by molar-refractivity contribution is 7.15. The standard InChI is InChI=1S/C16H19N3O2S/c20-14(13-9-17-16-19(15(13)21)7-8-22-16)18-6-5-11-3-1-2-4-12(11)10-18/h7-9,11-12H,1-6,10H2/t11-,12-/m1/s1. The van der Waals surface area contributed by atoms with Gasteiger partial charge in [0, 0.05) is 30.9 Å². The summed E-state index contributed by atoms with van der Waals surface area (Å²) in [5.74, 6) is 1.24. The lowest BCUT2D eigenvalue weighted by molar-refractivity contribution is 0.0518. The monoisotopic (exact) mass is 317 g/mol. The molecule has 2 aromatic rings. The van der Waals surface area contributed by atoms with Gasteiger partial charge in [-0.3, -0.25) is 14.0 Å². The first-order valence-corrected chi connectivity index (χ1v) is 8.86. The van der Waals surface area contributed by atoms with Crippen molar-refractivity contribution in [1.82, 2.24) is 14.3 Å². The van der Waals surface area contributed by atoms with Crippen molar-refractivity contribution >= 4 is 22.2 Å². The minimum absolute atomic E-state index is 0.151. The summed E-state index contributed by atoms with van der Waals surface area (Å²) < 4.78 is 1.46. The van der Waals surface area contributed by atoms with Crippen LogP contribution in [-0.2, 0) is 0 Å². The Hall–Kier alpha value is -1.69. The Morgan fingerprint density at radius 1 is 1.23 bits per heavy atom. The number of carbonyl (C=O) groups is 1. The van der Waals surface area contributed by atoms with Gasteiger partial charge >= 0.3 is 0 Å². The molecule has 1 aliphatic heterocycles. The Morgan fingerprint density at radius 2 is 2.05 bits per heavy atom. The normalized spacial score (nSPS) is 25.2. The topological polar surface area (TPSA) is 54.7 Å². The molecule has 1 amide bonds. The van der Waals surface area contributed by atoms with Crippen molar-refractivity contribution < 1.29 is 4.79 Å². The molecule has 1 saturated carbocycles. The van der Waals surface area contributed by atoms with Crippen LogP contribution in [0.3, 0.4) is 0 Å². The predicted octanol–water partition coefficient (Wildman–Crippen LogP) is 2.41. The molecule has 0 aromatic carbocycles. The highest BCUT2D eigenvalue weighted by atomic mass is 32.1. The van der Waals surface area contributed by atoms with E-state index in [2.05, 4.69) is 4.98 Å². The number of aromatic nitrogens is 2. The van der Waals surface area contributed by atoms with Gasteiger partial charge in [-0.15, -0.1) is 11.3 Å². The molecule has 116 valence electrons. The highest BCUT2D eigenvalue weighted by Gasteiger charge is 2.34. The summed E-state index contributed by atoms with van der Waals surface area (Å²) in [6.45, 7) is 1.57. The summed E-state index contributed by atoms with van der Waals surface area (Å²) in [6, 6.07) is 0. The lowest BCUT2D eigenvalue weighted by atomic mass is 9.75. The summed E-state index contributed by atoms with van der Waals surface area (Å²) in [5, 5.41) is 1.81. The number of amides is 1. The third kappa shape index (κ3) is 2.26. The summed E-state index contributed by atoms with van der Waals surface area (Å²) in [4.78, 5) is 31.9. The van der Waals surface area contributed by atoms with E-state index >= 15 is 0 Å². The minimum atomic E-state index is -0.248. The molecule has 0 N–H and O–H groups in total. The molecule has 2 aromatic heterocycles. The van der Waals surface area contributed by atoms with E-state index in [0.717, 1.165) is 25.4 Å². The van der Waals surface area contributed by atoms with Crippen LogP contribution >= 0.6 is 11.3 Å². The molecule has 3 heterocycles. The minimum Gasteiger partial charge on any atom is -0.338 e. The van der Waals surface area contributed by atoms with Crippen LogP contribution in [0, 0.1) is 11.8 Å². The maximum absolute atomic E-state index is 12.7. The molecule has 1 saturated heterocycles. The first-order valence-electron chi connectivity index (χ1n) is 7.98. The number of rotatable bonds is 1. The smallest absolute Gasteiger partial charge is 0.271 e. The van der Waals surface area contributed by atoms with Gasteiger partial charge in [-0.1, -0.05) is 19.3 Å². The Bertz CT molecular complexity index is 766. The van der Waals surface area contributed by atoms with Crippen molar-refractivity contribution in [3.8, 4) is 0 Å². The van der Waals surface area contributed by atoms with E-state index in [1.807, 2.05) is 10.3 Å². The zero-order valence-electron chi connectivity index (χ0n) is 12.4. The Morgan fingerprint density at radius 3 is 2.91 bits per heavy atom. The van der Waals surface area contributed by atoms with Gasteiger partial charge in [0.05, 0.1) is 0 Å². The van der Waals surface area contributed by atoms with E-state index < -0.39 is 0 Å². The summed E-state index contributed by atoms with van der Waals surface area (Å²) in [5.41, 5.74) is -0.0489. The average Bonchev–Trinajstić information content (AvgIpc) is 3.04. The average molecular weight is 317 g/mol. The van der Waals surface area contributed by atoms with E-state index in [-0.39, 0.29) is 17.0 Å². The van der Waals surface area contributed by atoms with E-state index in [1.54, 1.807) is 6.20 Å². The van der Waals surface area contributed by atoms with Gasteiger partial charge < -0.3 is 4.90 Å². The van der Waals surface area contributed by atoms with Crippen molar-refractivity contribution in [2.24, 2.45) is 11.8 Å². The van der Waals surface area contributed by atoms with Gasteiger partial charge in [-0.25, -0.2) is 4.98 Å². The van der Waals surface area contributed by atoms with E-state index in [0.29, 0.717) is 10.9 Å². The third-order valence-electron chi connectivity index (χ3n) is 5.15. The van der Waals surface area contributed by atoms with Gasteiger partial charge in [0.15, 0.2) is 4.96 Å². The van der Waals surface area contributed by atoms with Crippen LogP contribution in [0.2, 0.25) is 0 Å². The van der Waals surface area contributed by atoms with E-state index in [9.17, 15) is 9.59 Å². The molecular weight excluding hydrogens is 298 g/mol. The highest BCUT2D eigenvalue weighted by Crippen LogP contribution is 2.36. The predicted molar refractivity (Wildman–Crippen MR) is 85.3 cm³/mol. The Kier molecular flexibility index (Phi) is 3.48. The lowest BCUT2D eigenvalue weighted by Gasteiger charge is -2.41. The van der Waals surface area contributed by atoms with Crippen LogP contribution in [0.5, 0.6) is 0 Å². The van der Waals surface area contributed by atoms with Gasteiger partial charge in [-0.05, 0) is 24.7 Å². The fraction of sp³-hybridized carbons (Fsp3) is 0.562. The first-order chi connectivity index (χ1) is 10.7. The van der Waals surface area contributed by atoms with Gasteiger partial charge in [0.2, 0.25) is 0 Å². The van der Waals surface area contributed by atoms with Crippen LogP contribution in [-0.4, -0.2) is 33.3 Å². The second-order valence-corrected chi connectivity index (χ2v) is 7.25. The van der Waals surface area contributed by atoms with Gasteiger partial charge in [0.1, 0.15) is 5.56 Å². The molecule has 2 atom stereocenters. The molecule has 2 fully saturated rings. The molecular formula is C16H19N3O2S. The molecule has 0 unspecified atom stereocenters. The van der Waals surface area contributed by atoms with E-state index in [1.165, 1.54) is 47.6 Å². The number of nitrogens with zero attached hydrogens (tertiary/aromatic N) is 3. The maximum Gasteiger partial charge on any atom is 0.271 e. The molecule has 5 nitrogen and oxygen atoms in total. The molecule has 2 aliphatic rings. The Balaban J connectivity index is 1.60. The molecule has 1 aliphatic carbocycles. The van der Waals surface area contributed by atoms with Crippen molar-refractivity contribution in [1.29, 1.82) is 0 Å². The van der Waals surface area contributed by atoms with Crippen molar-refractivity contribution in [3.63, 3.8) is 0 Å². The molecule has 6 heteroatoms. The SMILES string of the molecule is O=C(c1cnc2sccn2c1=O)N1CC[C@H]2CCCC[C@@H]2C1. The quantitative estimate of drug-likeness (QED) is 0.811. The number of carbonyl (C=O) groups excluding carboxylic acids is 1. The molecule has 0 spiro atoms. The number of thiazole rings is 1. The molecule has 22 heavy (non-hydrogen) atoms. The number of piperidine rings is 1. The second kappa shape index (κ2) is 5.50. The molecule has 4 rings (SSSR count). The van der Waals surface area contributed by atoms with E-state index in [4.69, 9.17) is 0 Å². The summed E-state index contributed by atoms with van der Waals surface area (Å²) in [7, 11) is 0. The van der Waals surface area contributed by atoms with Crippen molar-refractivity contribution in [2.75, 3.05) is 13.1 Å². The lowest BCUT2D eigenvalue weighted by Crippen LogP contribution is -2.46. The maximum atomic E-state index is 12.7. The fourth-order valence-electron chi connectivity index (χ4n) is 3.93. The van der Waals surface area contributed by atoms with Crippen molar-refractivity contribution in [2.45, 2.75) is 32.1 Å². The summed E-state index contributed by atoms with van der Waals surface area (Å²) in [6.07, 6.45) is 9.32. The third-order valence-corrected chi connectivity index (χ3v) is 5.92. The molecule has 0 bridgehead atoms. The molecule has 0 radical (unpaired) electrons. The first kappa shape index (κ1) is 13.9. The van der Waals surface area contributed by atoms with Crippen LogP contribution in [0.4, 0.5) is 0 Å². The largest absolute Gasteiger partial charge is 0.338 e. The van der Waals surface area contributed by atoms with Crippen LogP contribution in [0.1, 0.15) is 42.5 Å². The number of fused-ring (bicyclic) bond motifs is 2. The second-order valence-electron chi connectivity index (χ2n) is 6.38. The zero-order chi connectivity index (χ0) is 15.1.